The molecular formula is C10H13FS. The van der Waals surface area contributed by atoms with Gasteiger partial charge in [-0.2, -0.15) is 11.8 Å². The molecule has 0 N–H and O–H groups in total. The van der Waals surface area contributed by atoms with Gasteiger partial charge in [0, 0.05) is 5.75 Å². The second-order valence-electron chi connectivity index (χ2n) is 2.72. The minimum atomic E-state index is -0.0933. The van der Waals surface area contributed by atoms with E-state index in [-0.39, 0.29) is 5.82 Å². The molecule has 0 aliphatic carbocycles. The van der Waals surface area contributed by atoms with Gasteiger partial charge in [0.15, 0.2) is 0 Å². The van der Waals surface area contributed by atoms with Crippen molar-refractivity contribution < 1.29 is 4.39 Å². The van der Waals surface area contributed by atoms with Crippen LogP contribution in [0.1, 0.15) is 18.1 Å². The lowest BCUT2D eigenvalue weighted by Crippen LogP contribution is -1.86. The molecule has 0 saturated carbocycles. The van der Waals surface area contributed by atoms with E-state index in [2.05, 4.69) is 6.92 Å². The predicted octanol–water partition coefficient (Wildman–Crippen LogP) is 3.39. The molecule has 0 aromatic heterocycles. The van der Waals surface area contributed by atoms with Crippen LogP contribution in [0.3, 0.4) is 0 Å². The van der Waals surface area contributed by atoms with Gasteiger partial charge < -0.3 is 0 Å². The molecule has 1 aromatic rings. The SMILES string of the molecule is CCSCc1ccc(C)c(F)c1. The van der Waals surface area contributed by atoms with Gasteiger partial charge in [-0.25, -0.2) is 4.39 Å². The highest BCUT2D eigenvalue weighted by molar-refractivity contribution is 7.98. The van der Waals surface area contributed by atoms with Crippen molar-refractivity contribution in [3.05, 3.63) is 35.1 Å². The van der Waals surface area contributed by atoms with Gasteiger partial charge in [-0.15, -0.1) is 0 Å². The minimum Gasteiger partial charge on any atom is -0.207 e. The average molecular weight is 184 g/mol. The van der Waals surface area contributed by atoms with Crippen LogP contribution in [-0.4, -0.2) is 5.75 Å². The maximum atomic E-state index is 13.0. The first-order valence-corrected chi connectivity index (χ1v) is 5.22. The summed E-state index contributed by atoms with van der Waals surface area (Å²) in [6.45, 7) is 3.89. The van der Waals surface area contributed by atoms with Crippen LogP contribution in [0.15, 0.2) is 18.2 Å². The van der Waals surface area contributed by atoms with Gasteiger partial charge in [-0.1, -0.05) is 19.1 Å². The Morgan fingerprint density at radius 2 is 2.17 bits per heavy atom. The Hall–Kier alpha value is -0.500. The maximum Gasteiger partial charge on any atom is 0.126 e. The summed E-state index contributed by atoms with van der Waals surface area (Å²) in [7, 11) is 0. The molecular weight excluding hydrogens is 171 g/mol. The molecule has 0 saturated heterocycles. The van der Waals surface area contributed by atoms with Gasteiger partial charge in [0.05, 0.1) is 0 Å². The first-order valence-electron chi connectivity index (χ1n) is 4.07. The van der Waals surface area contributed by atoms with E-state index < -0.39 is 0 Å². The zero-order chi connectivity index (χ0) is 8.97. The van der Waals surface area contributed by atoms with Gasteiger partial charge in [0.2, 0.25) is 0 Å². The quantitative estimate of drug-likeness (QED) is 0.694. The monoisotopic (exact) mass is 184 g/mol. The first-order chi connectivity index (χ1) is 5.74. The highest BCUT2D eigenvalue weighted by Crippen LogP contribution is 2.14. The van der Waals surface area contributed by atoms with Crippen molar-refractivity contribution in [3.8, 4) is 0 Å². The molecule has 0 radical (unpaired) electrons. The number of hydrogen-bond donors (Lipinski definition) is 0. The lowest BCUT2D eigenvalue weighted by atomic mass is 10.2. The molecule has 0 aliphatic heterocycles. The highest BCUT2D eigenvalue weighted by atomic mass is 32.2. The number of aryl methyl sites for hydroxylation is 1. The van der Waals surface area contributed by atoms with Crippen molar-refractivity contribution in [3.63, 3.8) is 0 Å². The third-order valence-corrected chi connectivity index (χ3v) is 2.65. The van der Waals surface area contributed by atoms with E-state index in [1.54, 1.807) is 13.0 Å². The van der Waals surface area contributed by atoms with Crippen LogP contribution in [0.25, 0.3) is 0 Å². The van der Waals surface area contributed by atoms with Gasteiger partial charge in [-0.05, 0) is 29.9 Å². The molecule has 0 spiro atoms. The van der Waals surface area contributed by atoms with Gasteiger partial charge in [0.1, 0.15) is 5.82 Å². The van der Waals surface area contributed by atoms with E-state index in [0.29, 0.717) is 0 Å². The number of thioether (sulfide) groups is 1. The molecule has 0 fully saturated rings. The molecule has 0 aliphatic rings. The average Bonchev–Trinajstić information content (AvgIpc) is 2.07. The summed E-state index contributed by atoms with van der Waals surface area (Å²) >= 11 is 1.81. The fourth-order valence-corrected chi connectivity index (χ4v) is 1.57. The summed E-state index contributed by atoms with van der Waals surface area (Å²) in [6.07, 6.45) is 0. The van der Waals surface area contributed by atoms with Crippen molar-refractivity contribution in [1.82, 2.24) is 0 Å². The second kappa shape index (κ2) is 4.51. The molecule has 66 valence electrons. The van der Waals surface area contributed by atoms with Crippen molar-refractivity contribution in [2.24, 2.45) is 0 Å². The molecule has 0 nitrogen and oxygen atoms in total. The van der Waals surface area contributed by atoms with Crippen molar-refractivity contribution >= 4 is 11.8 Å². The topological polar surface area (TPSA) is 0 Å². The summed E-state index contributed by atoms with van der Waals surface area (Å²) in [4.78, 5) is 0. The highest BCUT2D eigenvalue weighted by Gasteiger charge is 1.98. The lowest BCUT2D eigenvalue weighted by Gasteiger charge is -2.01. The molecule has 2 heteroatoms. The maximum absolute atomic E-state index is 13.0. The predicted molar refractivity (Wildman–Crippen MR) is 53.0 cm³/mol. The van der Waals surface area contributed by atoms with E-state index in [4.69, 9.17) is 0 Å². The summed E-state index contributed by atoms with van der Waals surface area (Å²) in [6, 6.07) is 5.44. The molecule has 12 heavy (non-hydrogen) atoms. The van der Waals surface area contributed by atoms with E-state index in [0.717, 1.165) is 22.6 Å². The van der Waals surface area contributed by atoms with Crippen LogP contribution < -0.4 is 0 Å². The van der Waals surface area contributed by atoms with Crippen molar-refractivity contribution in [2.45, 2.75) is 19.6 Å². The van der Waals surface area contributed by atoms with Crippen LogP contribution in [0.2, 0.25) is 0 Å². The number of benzene rings is 1. The van der Waals surface area contributed by atoms with Crippen molar-refractivity contribution in [1.29, 1.82) is 0 Å². The number of halogens is 1. The Morgan fingerprint density at radius 1 is 1.42 bits per heavy atom. The Kier molecular flexibility index (Phi) is 3.60. The third-order valence-electron chi connectivity index (χ3n) is 1.71. The fraction of sp³-hybridized carbons (Fsp3) is 0.400. The van der Waals surface area contributed by atoms with Gasteiger partial charge in [0.25, 0.3) is 0 Å². The van der Waals surface area contributed by atoms with E-state index in [1.807, 2.05) is 23.9 Å². The molecule has 1 aromatic carbocycles. The summed E-state index contributed by atoms with van der Waals surface area (Å²) in [5, 5.41) is 0. The van der Waals surface area contributed by atoms with Crippen LogP contribution in [0.4, 0.5) is 4.39 Å². The molecule has 0 amide bonds. The van der Waals surface area contributed by atoms with Crippen LogP contribution in [0, 0.1) is 12.7 Å². The smallest absolute Gasteiger partial charge is 0.126 e. The number of rotatable bonds is 3. The second-order valence-corrected chi connectivity index (χ2v) is 3.99. The Morgan fingerprint density at radius 3 is 2.75 bits per heavy atom. The normalized spacial score (nSPS) is 10.2. The molecule has 0 unspecified atom stereocenters. The lowest BCUT2D eigenvalue weighted by molar-refractivity contribution is 0.617. The van der Waals surface area contributed by atoms with Crippen LogP contribution in [-0.2, 0) is 5.75 Å². The molecule has 0 atom stereocenters. The zero-order valence-corrected chi connectivity index (χ0v) is 8.25. The van der Waals surface area contributed by atoms with E-state index >= 15 is 0 Å². The number of hydrogen-bond acceptors (Lipinski definition) is 1. The van der Waals surface area contributed by atoms with E-state index in [1.165, 1.54) is 0 Å². The summed E-state index contributed by atoms with van der Waals surface area (Å²) < 4.78 is 13.0. The largest absolute Gasteiger partial charge is 0.207 e. The molecule has 1 rings (SSSR count). The Bertz CT molecular complexity index is 258. The summed E-state index contributed by atoms with van der Waals surface area (Å²) in [5.74, 6) is 1.90. The van der Waals surface area contributed by atoms with E-state index in [9.17, 15) is 4.39 Å². The zero-order valence-electron chi connectivity index (χ0n) is 7.43. The Balaban J connectivity index is 2.69. The van der Waals surface area contributed by atoms with Gasteiger partial charge in [-0.3, -0.25) is 0 Å². The van der Waals surface area contributed by atoms with Crippen LogP contribution in [0.5, 0.6) is 0 Å². The first kappa shape index (κ1) is 9.59. The third kappa shape index (κ3) is 2.52. The minimum absolute atomic E-state index is 0.0933. The van der Waals surface area contributed by atoms with Crippen LogP contribution >= 0.6 is 11.8 Å². The van der Waals surface area contributed by atoms with Crippen molar-refractivity contribution in [2.75, 3.05) is 5.75 Å². The Labute approximate surface area is 77.2 Å². The summed E-state index contributed by atoms with van der Waals surface area (Å²) in [5.41, 5.74) is 1.80. The van der Waals surface area contributed by atoms with Gasteiger partial charge >= 0.3 is 0 Å². The standard InChI is InChI=1S/C10H13FS/c1-3-12-7-9-5-4-8(2)10(11)6-9/h4-6H,3,7H2,1-2H3. The fourth-order valence-electron chi connectivity index (χ4n) is 0.946. The molecule has 0 heterocycles. The molecule has 0 bridgehead atoms.